The summed E-state index contributed by atoms with van der Waals surface area (Å²) in [5.74, 6) is -5.21. The molecule has 3 rings (SSSR count). The van der Waals surface area contributed by atoms with E-state index in [-0.39, 0.29) is 29.0 Å². The highest BCUT2D eigenvalue weighted by molar-refractivity contribution is 5.92. The van der Waals surface area contributed by atoms with Gasteiger partial charge in [0.25, 0.3) is 0 Å². The Morgan fingerprint density at radius 3 is 1.60 bits per heavy atom. The molecule has 3 aromatic rings. The van der Waals surface area contributed by atoms with Gasteiger partial charge in [-0.25, -0.2) is 19.2 Å². The first-order valence-corrected chi connectivity index (χ1v) is 12.1. The first-order valence-electron chi connectivity index (χ1n) is 12.1. The fourth-order valence-electron chi connectivity index (χ4n) is 3.27. The van der Waals surface area contributed by atoms with Crippen molar-refractivity contribution in [2.45, 2.75) is 38.5 Å². The normalized spacial score (nSPS) is 12.8. The van der Waals surface area contributed by atoms with E-state index in [4.69, 9.17) is 29.8 Å². The minimum Gasteiger partial charge on any atom is -0.480 e. The Labute approximate surface area is 229 Å². The van der Waals surface area contributed by atoms with Crippen LogP contribution in [0.3, 0.4) is 0 Å². The van der Waals surface area contributed by atoms with Gasteiger partial charge >= 0.3 is 29.8 Å². The largest absolute Gasteiger partial charge is 0.480 e. The maximum atomic E-state index is 12.8. The number of carbonyl (C=O) groups is 5. The SMILES string of the molecule is CC(OC(=O)c1ccccc1)C(=O)Oc1ccc(C[C@H](N)C(=O)O)cc1OC(=O)C(C)OC(=O)c1ccccc1. The Morgan fingerprint density at radius 1 is 0.700 bits per heavy atom. The van der Waals surface area contributed by atoms with Crippen LogP contribution >= 0.6 is 0 Å². The lowest BCUT2D eigenvalue weighted by atomic mass is 10.1. The molecule has 0 aromatic heterocycles. The van der Waals surface area contributed by atoms with E-state index in [1.54, 1.807) is 36.4 Å². The minimum absolute atomic E-state index is 0.127. The molecule has 0 heterocycles. The number of hydrogen-bond donors (Lipinski definition) is 2. The third kappa shape index (κ3) is 8.23. The Hall–Kier alpha value is -5.03. The molecular weight excluding hydrogens is 522 g/mol. The number of rotatable bonds is 11. The monoisotopic (exact) mass is 549 g/mol. The first-order chi connectivity index (χ1) is 19.0. The number of carbonyl (C=O) groups excluding carboxylic acids is 4. The van der Waals surface area contributed by atoms with Gasteiger partial charge in [-0.05, 0) is 62.2 Å². The Balaban J connectivity index is 1.76. The lowest BCUT2D eigenvalue weighted by Crippen LogP contribution is -2.32. The van der Waals surface area contributed by atoms with E-state index in [2.05, 4.69) is 0 Å². The summed E-state index contributed by atoms with van der Waals surface area (Å²) in [5, 5.41) is 9.13. The van der Waals surface area contributed by atoms with Gasteiger partial charge in [0.2, 0.25) is 0 Å². The zero-order chi connectivity index (χ0) is 29.2. The highest BCUT2D eigenvalue weighted by Gasteiger charge is 2.26. The molecule has 0 saturated carbocycles. The number of benzene rings is 3. The molecule has 0 fully saturated rings. The van der Waals surface area contributed by atoms with Crippen LogP contribution in [0.4, 0.5) is 0 Å². The lowest BCUT2D eigenvalue weighted by molar-refractivity contribution is -0.145. The standard InChI is InChI=1S/C29H27NO10/c1-17(37-28(35)20-9-5-3-6-10-20)26(33)39-23-14-13-19(15-22(30)25(31)32)16-24(23)40-27(34)18(2)38-29(36)21-11-7-4-8-12-21/h3-14,16-18,22H,15,30H2,1-2H3,(H,31,32)/t17?,18?,22-/m0/s1. The fraction of sp³-hybridized carbons (Fsp3) is 0.207. The second-order valence-corrected chi connectivity index (χ2v) is 8.60. The second-order valence-electron chi connectivity index (χ2n) is 8.60. The van der Waals surface area contributed by atoms with Crippen molar-refractivity contribution in [3.8, 4) is 11.5 Å². The molecule has 2 unspecified atom stereocenters. The van der Waals surface area contributed by atoms with Crippen LogP contribution in [0.2, 0.25) is 0 Å². The van der Waals surface area contributed by atoms with Crippen molar-refractivity contribution in [3.63, 3.8) is 0 Å². The van der Waals surface area contributed by atoms with E-state index in [0.29, 0.717) is 5.56 Å². The van der Waals surface area contributed by atoms with Gasteiger partial charge in [-0.15, -0.1) is 0 Å². The maximum absolute atomic E-state index is 12.8. The highest BCUT2D eigenvalue weighted by atomic mass is 16.6. The molecule has 0 amide bonds. The predicted octanol–water partition coefficient (Wildman–Crippen LogP) is 2.94. The Kier molecular flexibility index (Phi) is 10.1. The topological polar surface area (TPSA) is 169 Å². The molecule has 40 heavy (non-hydrogen) atoms. The molecule has 0 radical (unpaired) electrons. The molecule has 0 aliphatic heterocycles. The van der Waals surface area contributed by atoms with Gasteiger partial charge in [-0.2, -0.15) is 0 Å². The van der Waals surface area contributed by atoms with Gasteiger partial charge in [0.05, 0.1) is 11.1 Å². The minimum atomic E-state index is -1.35. The van der Waals surface area contributed by atoms with Gasteiger partial charge < -0.3 is 29.8 Å². The number of carboxylic acids is 1. The average Bonchev–Trinajstić information content (AvgIpc) is 2.94. The van der Waals surface area contributed by atoms with Crippen LogP contribution in [-0.4, -0.2) is 53.2 Å². The molecule has 11 heteroatoms. The van der Waals surface area contributed by atoms with Crippen LogP contribution in [0, 0.1) is 0 Å². The van der Waals surface area contributed by atoms with E-state index in [0.717, 1.165) is 0 Å². The number of aliphatic carboxylic acids is 1. The van der Waals surface area contributed by atoms with Crippen molar-refractivity contribution in [2.24, 2.45) is 5.73 Å². The second kappa shape index (κ2) is 13.7. The van der Waals surface area contributed by atoms with Crippen LogP contribution in [0.1, 0.15) is 40.1 Å². The van der Waals surface area contributed by atoms with Crippen molar-refractivity contribution in [3.05, 3.63) is 95.6 Å². The third-order valence-corrected chi connectivity index (χ3v) is 5.45. The van der Waals surface area contributed by atoms with E-state index >= 15 is 0 Å². The van der Waals surface area contributed by atoms with Gasteiger partial charge in [0, 0.05) is 0 Å². The smallest absolute Gasteiger partial charge is 0.352 e. The Bertz CT molecular complexity index is 1370. The summed E-state index contributed by atoms with van der Waals surface area (Å²) >= 11 is 0. The van der Waals surface area contributed by atoms with Crippen LogP contribution in [0.15, 0.2) is 78.9 Å². The molecule has 0 saturated heterocycles. The van der Waals surface area contributed by atoms with Crippen molar-refractivity contribution in [1.29, 1.82) is 0 Å². The molecule has 3 N–H and O–H groups in total. The van der Waals surface area contributed by atoms with Crippen molar-refractivity contribution in [2.75, 3.05) is 0 Å². The number of carboxylic acid groups (broad SMARTS) is 1. The summed E-state index contributed by atoms with van der Waals surface area (Å²) in [7, 11) is 0. The number of nitrogens with two attached hydrogens (primary N) is 1. The molecule has 0 spiro atoms. The third-order valence-electron chi connectivity index (χ3n) is 5.45. The fourth-order valence-corrected chi connectivity index (χ4v) is 3.27. The molecule has 0 aliphatic carbocycles. The molecule has 0 bridgehead atoms. The quantitative estimate of drug-likeness (QED) is 0.266. The van der Waals surface area contributed by atoms with Crippen LogP contribution in [0.25, 0.3) is 0 Å². The first kappa shape index (κ1) is 29.5. The number of esters is 4. The molecular formula is C29H27NO10. The van der Waals surface area contributed by atoms with E-state index in [1.165, 1.54) is 56.3 Å². The van der Waals surface area contributed by atoms with Gasteiger partial charge in [-0.1, -0.05) is 42.5 Å². The molecule has 11 nitrogen and oxygen atoms in total. The summed E-state index contributed by atoms with van der Waals surface area (Å²) in [4.78, 5) is 61.3. The Morgan fingerprint density at radius 2 is 1.15 bits per heavy atom. The number of hydrogen-bond acceptors (Lipinski definition) is 10. The maximum Gasteiger partial charge on any atom is 0.352 e. The summed E-state index contributed by atoms with van der Waals surface area (Å²) in [6.07, 6.45) is -2.81. The molecule has 3 atom stereocenters. The number of ether oxygens (including phenoxy) is 4. The van der Waals surface area contributed by atoms with Crippen LogP contribution < -0.4 is 15.2 Å². The molecule has 3 aromatic carbocycles. The summed E-state index contributed by atoms with van der Waals surface area (Å²) in [6.45, 7) is 2.60. The van der Waals surface area contributed by atoms with Gasteiger partial charge in [-0.3, -0.25) is 4.79 Å². The van der Waals surface area contributed by atoms with Crippen molar-refractivity contribution in [1.82, 2.24) is 0 Å². The van der Waals surface area contributed by atoms with Gasteiger partial charge in [0.1, 0.15) is 6.04 Å². The lowest BCUT2D eigenvalue weighted by Gasteiger charge is -2.17. The summed E-state index contributed by atoms with van der Waals surface area (Å²) in [5.41, 5.74) is 6.42. The van der Waals surface area contributed by atoms with Crippen molar-refractivity contribution >= 4 is 29.8 Å². The predicted molar refractivity (Wildman–Crippen MR) is 140 cm³/mol. The average molecular weight is 550 g/mol. The van der Waals surface area contributed by atoms with Crippen LogP contribution in [0.5, 0.6) is 11.5 Å². The highest BCUT2D eigenvalue weighted by Crippen LogP contribution is 2.30. The van der Waals surface area contributed by atoms with E-state index < -0.39 is 48.1 Å². The zero-order valence-electron chi connectivity index (χ0n) is 21.6. The van der Waals surface area contributed by atoms with Crippen LogP contribution in [-0.2, 0) is 30.3 Å². The van der Waals surface area contributed by atoms with Crippen molar-refractivity contribution < 1.29 is 48.0 Å². The van der Waals surface area contributed by atoms with Gasteiger partial charge in [0.15, 0.2) is 23.7 Å². The summed E-state index contributed by atoms with van der Waals surface area (Å²) < 4.78 is 21.0. The molecule has 0 aliphatic rings. The molecule has 208 valence electrons. The van der Waals surface area contributed by atoms with E-state index in [9.17, 15) is 24.0 Å². The van der Waals surface area contributed by atoms with E-state index in [1.807, 2.05) is 0 Å². The summed E-state index contributed by atoms with van der Waals surface area (Å²) in [6, 6.07) is 18.8. The zero-order valence-corrected chi connectivity index (χ0v) is 21.6.